The number of aryl methyl sites for hydroxylation is 2. The van der Waals surface area contributed by atoms with Crippen molar-refractivity contribution in [3.05, 3.63) is 24.0 Å². The molecule has 0 N–H and O–H groups in total. The van der Waals surface area contributed by atoms with Gasteiger partial charge in [-0.25, -0.2) is 0 Å². The van der Waals surface area contributed by atoms with E-state index in [1.54, 1.807) is 7.11 Å². The van der Waals surface area contributed by atoms with Crippen molar-refractivity contribution in [1.29, 1.82) is 0 Å². The molecular formula is C13H21N3O. The van der Waals surface area contributed by atoms with Gasteiger partial charge in [0.25, 0.3) is 0 Å². The predicted molar refractivity (Wildman–Crippen MR) is 68.8 cm³/mol. The Hall–Kier alpha value is -1.29. The van der Waals surface area contributed by atoms with Crippen molar-refractivity contribution in [1.82, 2.24) is 9.78 Å². The fourth-order valence-corrected chi connectivity index (χ4v) is 2.25. The number of hydrogen-bond acceptors (Lipinski definition) is 3. The molecule has 2 heterocycles. The van der Waals surface area contributed by atoms with E-state index in [9.17, 15) is 0 Å². The summed E-state index contributed by atoms with van der Waals surface area (Å²) >= 11 is 0. The molecule has 1 aromatic rings. The molecule has 4 heteroatoms. The van der Waals surface area contributed by atoms with Crippen molar-refractivity contribution >= 4 is 5.82 Å². The minimum absolute atomic E-state index is 0.0739. The van der Waals surface area contributed by atoms with E-state index < -0.39 is 0 Å². The van der Waals surface area contributed by atoms with Crippen LogP contribution < -0.4 is 4.90 Å². The molecule has 0 fully saturated rings. The second-order valence-corrected chi connectivity index (χ2v) is 5.37. The van der Waals surface area contributed by atoms with E-state index in [-0.39, 0.29) is 11.6 Å². The standard InChI is InChI=1S/C13H21N3O/c1-10-8-11(15(4)14-10)16-7-6-13(2,3)9-12(16)17-5/h6-8,12H,9H2,1-5H3. The minimum Gasteiger partial charge on any atom is -0.361 e. The van der Waals surface area contributed by atoms with E-state index in [1.165, 1.54) is 0 Å². The van der Waals surface area contributed by atoms with Crippen LogP contribution in [0.4, 0.5) is 5.82 Å². The maximum Gasteiger partial charge on any atom is 0.135 e. The third kappa shape index (κ3) is 2.36. The number of ether oxygens (including phenoxy) is 1. The molecular weight excluding hydrogens is 214 g/mol. The lowest BCUT2D eigenvalue weighted by atomic mass is 9.86. The number of rotatable bonds is 2. The Kier molecular flexibility index (Phi) is 3.00. The molecule has 1 aromatic heterocycles. The van der Waals surface area contributed by atoms with Gasteiger partial charge in [-0.15, -0.1) is 0 Å². The Labute approximate surface area is 103 Å². The molecule has 4 nitrogen and oxygen atoms in total. The molecule has 0 spiro atoms. The van der Waals surface area contributed by atoms with Gasteiger partial charge < -0.3 is 9.64 Å². The first-order valence-electron chi connectivity index (χ1n) is 5.94. The number of anilines is 1. The summed E-state index contributed by atoms with van der Waals surface area (Å²) in [6.07, 6.45) is 5.38. The van der Waals surface area contributed by atoms with Crippen molar-refractivity contribution < 1.29 is 4.74 Å². The van der Waals surface area contributed by atoms with Crippen LogP contribution in [0, 0.1) is 12.3 Å². The van der Waals surface area contributed by atoms with Crippen LogP contribution in [-0.4, -0.2) is 23.1 Å². The Bertz CT molecular complexity index is 434. The van der Waals surface area contributed by atoms with Gasteiger partial charge in [0.2, 0.25) is 0 Å². The summed E-state index contributed by atoms with van der Waals surface area (Å²) in [6.45, 7) is 6.45. The fourth-order valence-electron chi connectivity index (χ4n) is 2.25. The van der Waals surface area contributed by atoms with E-state index in [2.05, 4.69) is 42.2 Å². The van der Waals surface area contributed by atoms with Crippen LogP contribution >= 0.6 is 0 Å². The molecule has 0 amide bonds. The third-order valence-corrected chi connectivity index (χ3v) is 3.21. The molecule has 0 radical (unpaired) electrons. The van der Waals surface area contributed by atoms with Gasteiger partial charge in [0.15, 0.2) is 0 Å². The summed E-state index contributed by atoms with van der Waals surface area (Å²) in [5, 5.41) is 4.38. The average molecular weight is 235 g/mol. The Morgan fingerprint density at radius 1 is 1.47 bits per heavy atom. The quantitative estimate of drug-likeness (QED) is 0.788. The van der Waals surface area contributed by atoms with Gasteiger partial charge in [0, 0.05) is 32.8 Å². The van der Waals surface area contributed by atoms with Crippen LogP contribution in [0.5, 0.6) is 0 Å². The summed E-state index contributed by atoms with van der Waals surface area (Å²) in [5.41, 5.74) is 1.21. The zero-order valence-electron chi connectivity index (χ0n) is 11.3. The number of methoxy groups -OCH3 is 1. The first-order chi connectivity index (χ1) is 7.93. The van der Waals surface area contributed by atoms with Gasteiger partial charge in [-0.05, 0) is 12.3 Å². The molecule has 1 unspecified atom stereocenters. The van der Waals surface area contributed by atoms with Crippen molar-refractivity contribution in [3.8, 4) is 0 Å². The lowest BCUT2D eigenvalue weighted by Gasteiger charge is -2.38. The van der Waals surface area contributed by atoms with Crippen molar-refractivity contribution in [3.63, 3.8) is 0 Å². The maximum absolute atomic E-state index is 5.59. The minimum atomic E-state index is 0.0739. The van der Waals surface area contributed by atoms with Crippen molar-refractivity contribution in [2.75, 3.05) is 12.0 Å². The molecule has 2 rings (SSSR count). The fraction of sp³-hybridized carbons (Fsp3) is 0.615. The highest BCUT2D eigenvalue weighted by atomic mass is 16.5. The molecule has 0 saturated carbocycles. The first-order valence-corrected chi connectivity index (χ1v) is 5.94. The summed E-state index contributed by atoms with van der Waals surface area (Å²) in [7, 11) is 3.72. The van der Waals surface area contributed by atoms with Crippen LogP contribution in [-0.2, 0) is 11.8 Å². The second-order valence-electron chi connectivity index (χ2n) is 5.37. The Balaban J connectivity index is 2.35. The lowest BCUT2D eigenvalue weighted by molar-refractivity contribution is 0.0693. The monoisotopic (exact) mass is 235 g/mol. The maximum atomic E-state index is 5.59. The van der Waals surface area contributed by atoms with Gasteiger partial charge in [-0.2, -0.15) is 5.10 Å². The molecule has 17 heavy (non-hydrogen) atoms. The molecule has 0 aromatic carbocycles. The van der Waals surface area contributed by atoms with E-state index in [0.717, 1.165) is 17.9 Å². The molecule has 0 aliphatic carbocycles. The van der Waals surface area contributed by atoms with Crippen LogP contribution in [0.3, 0.4) is 0 Å². The zero-order chi connectivity index (χ0) is 12.6. The molecule has 94 valence electrons. The topological polar surface area (TPSA) is 30.3 Å². The smallest absolute Gasteiger partial charge is 0.135 e. The third-order valence-electron chi connectivity index (χ3n) is 3.21. The van der Waals surface area contributed by atoms with E-state index in [0.29, 0.717) is 0 Å². The van der Waals surface area contributed by atoms with E-state index in [4.69, 9.17) is 4.74 Å². The highest BCUT2D eigenvalue weighted by Crippen LogP contribution is 2.34. The van der Waals surface area contributed by atoms with Gasteiger partial charge in [-0.1, -0.05) is 19.9 Å². The summed E-state index contributed by atoms with van der Waals surface area (Å²) in [6, 6.07) is 2.08. The first kappa shape index (κ1) is 12.2. The van der Waals surface area contributed by atoms with Crippen LogP contribution in [0.2, 0.25) is 0 Å². The lowest BCUT2D eigenvalue weighted by Crippen LogP contribution is -2.40. The number of nitrogens with zero attached hydrogens (tertiary/aromatic N) is 3. The Morgan fingerprint density at radius 3 is 2.71 bits per heavy atom. The van der Waals surface area contributed by atoms with Crippen molar-refractivity contribution in [2.24, 2.45) is 12.5 Å². The largest absolute Gasteiger partial charge is 0.361 e. The van der Waals surface area contributed by atoms with E-state index in [1.807, 2.05) is 18.7 Å². The molecule has 0 bridgehead atoms. The van der Waals surface area contributed by atoms with Gasteiger partial charge in [0.05, 0.1) is 5.69 Å². The number of hydrogen-bond donors (Lipinski definition) is 0. The highest BCUT2D eigenvalue weighted by molar-refractivity contribution is 5.46. The number of aromatic nitrogens is 2. The normalized spacial score (nSPS) is 23.1. The molecule has 0 saturated heterocycles. The molecule has 1 atom stereocenters. The number of allylic oxidation sites excluding steroid dienone is 1. The second kappa shape index (κ2) is 4.18. The highest BCUT2D eigenvalue weighted by Gasteiger charge is 2.30. The van der Waals surface area contributed by atoms with Gasteiger partial charge in [0.1, 0.15) is 12.0 Å². The van der Waals surface area contributed by atoms with Crippen molar-refractivity contribution in [2.45, 2.75) is 33.4 Å². The summed E-state index contributed by atoms with van der Waals surface area (Å²) < 4.78 is 7.48. The van der Waals surface area contributed by atoms with Gasteiger partial charge >= 0.3 is 0 Å². The SMILES string of the molecule is COC1CC(C)(C)C=CN1c1cc(C)nn1C. The van der Waals surface area contributed by atoms with Gasteiger partial charge in [-0.3, -0.25) is 4.68 Å². The van der Waals surface area contributed by atoms with Crippen LogP contribution in [0.15, 0.2) is 18.3 Å². The summed E-state index contributed by atoms with van der Waals surface area (Å²) in [5.74, 6) is 1.07. The molecule has 1 aliphatic heterocycles. The molecule has 1 aliphatic rings. The summed E-state index contributed by atoms with van der Waals surface area (Å²) in [4.78, 5) is 2.14. The average Bonchev–Trinajstić information content (AvgIpc) is 2.56. The van der Waals surface area contributed by atoms with E-state index >= 15 is 0 Å². The zero-order valence-corrected chi connectivity index (χ0v) is 11.3. The Morgan fingerprint density at radius 2 is 2.18 bits per heavy atom. The van der Waals surface area contributed by atoms with Crippen LogP contribution in [0.1, 0.15) is 26.0 Å². The predicted octanol–water partition coefficient (Wildman–Crippen LogP) is 2.45. The van der Waals surface area contributed by atoms with Crippen LogP contribution in [0.25, 0.3) is 0 Å².